The lowest BCUT2D eigenvalue weighted by atomic mass is 10.2. The van der Waals surface area contributed by atoms with Gasteiger partial charge in [0.05, 0.1) is 30.3 Å². The Balaban J connectivity index is 1.82. The molecule has 1 saturated heterocycles. The summed E-state index contributed by atoms with van der Waals surface area (Å²) in [6.45, 7) is 1.20. The van der Waals surface area contributed by atoms with Gasteiger partial charge in [-0.2, -0.15) is 10.2 Å². The Bertz CT molecular complexity index is 783. The molecule has 1 fully saturated rings. The van der Waals surface area contributed by atoms with Gasteiger partial charge in [0.15, 0.2) is 0 Å². The minimum Gasteiger partial charge on any atom is -0.358 e. The SMILES string of the molecule is Cn1cc(N2CCN(c3cnn(C)c(=O)c3Cl)CC2=O)cn1. The Morgan fingerprint density at radius 1 is 1.14 bits per heavy atom. The minimum absolute atomic E-state index is 0.0732. The summed E-state index contributed by atoms with van der Waals surface area (Å²) < 4.78 is 2.82. The zero-order valence-corrected chi connectivity index (χ0v) is 13.0. The van der Waals surface area contributed by atoms with Gasteiger partial charge in [-0.15, -0.1) is 0 Å². The van der Waals surface area contributed by atoms with Gasteiger partial charge in [-0.1, -0.05) is 11.6 Å². The molecule has 0 aliphatic carbocycles. The molecule has 1 aliphatic rings. The highest BCUT2D eigenvalue weighted by Crippen LogP contribution is 2.24. The Kier molecular flexibility index (Phi) is 3.61. The maximum Gasteiger partial charge on any atom is 0.287 e. The first-order chi connectivity index (χ1) is 10.5. The Hall–Kier alpha value is -2.35. The van der Waals surface area contributed by atoms with Crippen LogP contribution in [0.5, 0.6) is 0 Å². The number of piperazine rings is 1. The van der Waals surface area contributed by atoms with Gasteiger partial charge in [0.1, 0.15) is 5.02 Å². The van der Waals surface area contributed by atoms with Crippen molar-refractivity contribution in [3.8, 4) is 0 Å². The minimum atomic E-state index is -0.374. The summed E-state index contributed by atoms with van der Waals surface area (Å²) in [5.74, 6) is -0.0732. The second kappa shape index (κ2) is 5.45. The van der Waals surface area contributed by atoms with Gasteiger partial charge in [-0.25, -0.2) is 4.68 Å². The molecule has 2 aromatic heterocycles. The third-order valence-electron chi connectivity index (χ3n) is 3.62. The quantitative estimate of drug-likeness (QED) is 0.779. The molecule has 0 radical (unpaired) electrons. The summed E-state index contributed by atoms with van der Waals surface area (Å²) in [5, 5.41) is 8.12. The molecule has 8 nitrogen and oxygen atoms in total. The van der Waals surface area contributed by atoms with Crippen LogP contribution in [-0.2, 0) is 18.9 Å². The number of aromatic nitrogens is 4. The molecule has 9 heteroatoms. The van der Waals surface area contributed by atoms with E-state index in [-0.39, 0.29) is 23.0 Å². The number of carbonyl (C=O) groups excluding carboxylic acids is 1. The molecule has 2 aromatic rings. The maximum absolute atomic E-state index is 12.4. The number of hydrogen-bond donors (Lipinski definition) is 0. The number of carbonyl (C=O) groups is 1. The van der Waals surface area contributed by atoms with Crippen molar-refractivity contribution in [2.75, 3.05) is 29.4 Å². The van der Waals surface area contributed by atoms with E-state index in [1.807, 2.05) is 0 Å². The molecule has 1 amide bonds. The molecule has 0 spiro atoms. The summed E-state index contributed by atoms with van der Waals surface area (Å²) in [7, 11) is 3.33. The molecule has 0 unspecified atom stereocenters. The van der Waals surface area contributed by atoms with Crippen molar-refractivity contribution in [3.63, 3.8) is 0 Å². The van der Waals surface area contributed by atoms with E-state index >= 15 is 0 Å². The number of anilines is 2. The smallest absolute Gasteiger partial charge is 0.287 e. The molecular weight excluding hydrogens is 308 g/mol. The van der Waals surface area contributed by atoms with Crippen LogP contribution in [-0.4, -0.2) is 45.1 Å². The van der Waals surface area contributed by atoms with Crippen molar-refractivity contribution < 1.29 is 4.79 Å². The van der Waals surface area contributed by atoms with Gasteiger partial charge in [0.25, 0.3) is 5.56 Å². The monoisotopic (exact) mass is 322 g/mol. The lowest BCUT2D eigenvalue weighted by molar-refractivity contribution is -0.117. The van der Waals surface area contributed by atoms with Crippen molar-refractivity contribution in [1.29, 1.82) is 0 Å². The largest absolute Gasteiger partial charge is 0.358 e. The van der Waals surface area contributed by atoms with E-state index in [1.165, 1.54) is 17.9 Å². The average molecular weight is 323 g/mol. The molecule has 0 aromatic carbocycles. The van der Waals surface area contributed by atoms with E-state index in [0.717, 1.165) is 5.69 Å². The van der Waals surface area contributed by atoms with Gasteiger partial charge < -0.3 is 9.80 Å². The molecule has 116 valence electrons. The standard InChI is InChI=1S/C13H15ClN6O2/c1-17-7-9(5-15-17)20-4-3-19(8-11(20)21)10-6-16-18(2)13(22)12(10)14/h5-7H,3-4,8H2,1-2H3. The molecule has 3 heterocycles. The van der Waals surface area contributed by atoms with Crippen LogP contribution >= 0.6 is 11.6 Å². The van der Waals surface area contributed by atoms with Crippen molar-refractivity contribution in [3.05, 3.63) is 34.0 Å². The van der Waals surface area contributed by atoms with E-state index in [4.69, 9.17) is 11.6 Å². The van der Waals surface area contributed by atoms with Gasteiger partial charge in [0, 0.05) is 33.4 Å². The van der Waals surface area contributed by atoms with Crippen LogP contribution in [0, 0.1) is 0 Å². The first-order valence-electron chi connectivity index (χ1n) is 6.73. The Morgan fingerprint density at radius 3 is 2.55 bits per heavy atom. The normalized spacial score (nSPS) is 15.5. The van der Waals surface area contributed by atoms with E-state index in [9.17, 15) is 9.59 Å². The summed E-state index contributed by atoms with van der Waals surface area (Å²) in [5.41, 5.74) is 0.880. The topological polar surface area (TPSA) is 76.3 Å². The number of rotatable bonds is 2. The first kappa shape index (κ1) is 14.6. The second-order valence-electron chi connectivity index (χ2n) is 5.11. The number of hydrogen-bond acceptors (Lipinski definition) is 5. The summed E-state index contributed by atoms with van der Waals surface area (Å²) >= 11 is 6.08. The third kappa shape index (κ3) is 2.45. The lowest BCUT2D eigenvalue weighted by Crippen LogP contribution is -2.51. The van der Waals surface area contributed by atoms with E-state index in [2.05, 4.69) is 10.2 Å². The average Bonchev–Trinajstić information content (AvgIpc) is 2.91. The van der Waals surface area contributed by atoms with Crippen molar-refractivity contribution in [2.45, 2.75) is 0 Å². The van der Waals surface area contributed by atoms with Crippen LogP contribution < -0.4 is 15.4 Å². The van der Waals surface area contributed by atoms with Crippen molar-refractivity contribution in [2.24, 2.45) is 14.1 Å². The fourth-order valence-corrected chi connectivity index (χ4v) is 2.71. The fraction of sp³-hybridized carbons (Fsp3) is 0.385. The molecule has 0 saturated carbocycles. The zero-order chi connectivity index (χ0) is 15.9. The fourth-order valence-electron chi connectivity index (χ4n) is 2.42. The van der Waals surface area contributed by atoms with E-state index in [1.54, 1.807) is 33.9 Å². The number of amides is 1. The highest BCUT2D eigenvalue weighted by Gasteiger charge is 2.27. The third-order valence-corrected chi connectivity index (χ3v) is 3.98. The van der Waals surface area contributed by atoms with Crippen LogP contribution in [0.25, 0.3) is 0 Å². The van der Waals surface area contributed by atoms with E-state index < -0.39 is 0 Å². The summed E-state index contributed by atoms with van der Waals surface area (Å²) in [6.07, 6.45) is 4.96. The molecule has 0 bridgehead atoms. The van der Waals surface area contributed by atoms with Crippen LogP contribution in [0.3, 0.4) is 0 Å². The van der Waals surface area contributed by atoms with Gasteiger partial charge >= 0.3 is 0 Å². The number of nitrogens with zero attached hydrogens (tertiary/aromatic N) is 6. The Labute approximate surface area is 131 Å². The van der Waals surface area contributed by atoms with Gasteiger partial charge in [-0.05, 0) is 0 Å². The zero-order valence-electron chi connectivity index (χ0n) is 12.2. The lowest BCUT2D eigenvalue weighted by Gasteiger charge is -2.34. The van der Waals surface area contributed by atoms with E-state index in [0.29, 0.717) is 18.8 Å². The predicted octanol–water partition coefficient (Wildman–Crippen LogP) is 0.0204. The Morgan fingerprint density at radius 2 is 1.91 bits per heavy atom. The molecule has 1 aliphatic heterocycles. The maximum atomic E-state index is 12.4. The van der Waals surface area contributed by atoms with Crippen LogP contribution in [0.4, 0.5) is 11.4 Å². The first-order valence-corrected chi connectivity index (χ1v) is 7.11. The van der Waals surface area contributed by atoms with Crippen molar-refractivity contribution in [1.82, 2.24) is 19.6 Å². The van der Waals surface area contributed by atoms with Crippen LogP contribution in [0.2, 0.25) is 5.02 Å². The molecule has 0 N–H and O–H groups in total. The van der Waals surface area contributed by atoms with Crippen molar-refractivity contribution >= 4 is 28.9 Å². The number of halogens is 1. The second-order valence-corrected chi connectivity index (χ2v) is 5.49. The highest BCUT2D eigenvalue weighted by molar-refractivity contribution is 6.33. The van der Waals surface area contributed by atoms with Gasteiger partial charge in [-0.3, -0.25) is 14.3 Å². The van der Waals surface area contributed by atoms with Crippen LogP contribution in [0.1, 0.15) is 0 Å². The summed E-state index contributed by atoms with van der Waals surface area (Å²) in [6, 6.07) is 0. The molecule has 3 rings (SSSR count). The molecule has 0 atom stereocenters. The molecular formula is C13H15ClN6O2. The number of aryl methyl sites for hydroxylation is 2. The summed E-state index contributed by atoms with van der Waals surface area (Å²) in [4.78, 5) is 27.6. The van der Waals surface area contributed by atoms with Gasteiger partial charge in [0.2, 0.25) is 5.91 Å². The predicted molar refractivity (Wildman–Crippen MR) is 82.3 cm³/mol. The van der Waals surface area contributed by atoms with Crippen LogP contribution in [0.15, 0.2) is 23.4 Å². The highest BCUT2D eigenvalue weighted by atomic mass is 35.5. The molecule has 22 heavy (non-hydrogen) atoms.